The van der Waals surface area contributed by atoms with E-state index in [-0.39, 0.29) is 23.8 Å². The Morgan fingerprint density at radius 2 is 1.70 bits per heavy atom. The van der Waals surface area contributed by atoms with Gasteiger partial charge in [0.1, 0.15) is 5.75 Å². The SMILES string of the molecule is COc1ccc(S(=O)(=O)NCCC(=O)NCCSc2ccc(C)cc2)cc1. The number of aryl methyl sites for hydroxylation is 1. The van der Waals surface area contributed by atoms with Gasteiger partial charge in [-0.15, -0.1) is 11.8 Å². The number of hydrogen-bond acceptors (Lipinski definition) is 5. The van der Waals surface area contributed by atoms with Gasteiger partial charge >= 0.3 is 0 Å². The lowest BCUT2D eigenvalue weighted by molar-refractivity contribution is -0.120. The van der Waals surface area contributed by atoms with Crippen molar-refractivity contribution in [1.29, 1.82) is 0 Å². The van der Waals surface area contributed by atoms with Crippen LogP contribution in [0.1, 0.15) is 12.0 Å². The maximum absolute atomic E-state index is 12.2. The van der Waals surface area contributed by atoms with Crippen molar-refractivity contribution in [2.75, 3.05) is 26.0 Å². The van der Waals surface area contributed by atoms with Gasteiger partial charge in [0.05, 0.1) is 12.0 Å². The second-order valence-electron chi connectivity index (χ2n) is 5.83. The monoisotopic (exact) mass is 408 g/mol. The van der Waals surface area contributed by atoms with E-state index in [2.05, 4.69) is 34.3 Å². The van der Waals surface area contributed by atoms with Crippen molar-refractivity contribution in [1.82, 2.24) is 10.0 Å². The molecule has 2 N–H and O–H groups in total. The van der Waals surface area contributed by atoms with Crippen LogP contribution in [0.4, 0.5) is 0 Å². The van der Waals surface area contributed by atoms with Crippen LogP contribution in [0.3, 0.4) is 0 Å². The fourth-order valence-electron chi connectivity index (χ4n) is 2.22. The van der Waals surface area contributed by atoms with Gasteiger partial charge in [0.2, 0.25) is 15.9 Å². The molecule has 2 aromatic rings. The fourth-order valence-corrected chi connectivity index (χ4v) is 4.02. The van der Waals surface area contributed by atoms with Crippen LogP contribution in [0, 0.1) is 6.92 Å². The largest absolute Gasteiger partial charge is 0.497 e. The molecule has 0 aromatic heterocycles. The number of amides is 1. The highest BCUT2D eigenvalue weighted by Gasteiger charge is 2.14. The van der Waals surface area contributed by atoms with Gasteiger partial charge in [-0.25, -0.2) is 13.1 Å². The van der Waals surface area contributed by atoms with Crippen molar-refractivity contribution < 1.29 is 17.9 Å². The molecule has 0 atom stereocenters. The van der Waals surface area contributed by atoms with Crippen molar-refractivity contribution >= 4 is 27.7 Å². The van der Waals surface area contributed by atoms with Crippen LogP contribution in [0.2, 0.25) is 0 Å². The molecule has 0 aliphatic heterocycles. The summed E-state index contributed by atoms with van der Waals surface area (Å²) in [7, 11) is -2.12. The van der Waals surface area contributed by atoms with E-state index in [1.54, 1.807) is 23.9 Å². The zero-order valence-corrected chi connectivity index (χ0v) is 17.0. The van der Waals surface area contributed by atoms with Crippen molar-refractivity contribution in [3.63, 3.8) is 0 Å². The molecule has 0 radical (unpaired) electrons. The Morgan fingerprint density at radius 1 is 1.04 bits per heavy atom. The van der Waals surface area contributed by atoms with Gasteiger partial charge in [-0.1, -0.05) is 17.7 Å². The van der Waals surface area contributed by atoms with E-state index in [0.29, 0.717) is 12.3 Å². The fraction of sp³-hybridized carbons (Fsp3) is 0.316. The summed E-state index contributed by atoms with van der Waals surface area (Å²) in [6, 6.07) is 14.3. The van der Waals surface area contributed by atoms with Crippen LogP contribution in [0.15, 0.2) is 58.3 Å². The van der Waals surface area contributed by atoms with Gasteiger partial charge in [-0.05, 0) is 43.3 Å². The number of thioether (sulfide) groups is 1. The molecule has 2 rings (SSSR count). The molecule has 2 aromatic carbocycles. The van der Waals surface area contributed by atoms with E-state index in [9.17, 15) is 13.2 Å². The number of hydrogen-bond donors (Lipinski definition) is 2. The van der Waals surface area contributed by atoms with Crippen molar-refractivity contribution in [3.05, 3.63) is 54.1 Å². The molecule has 0 fully saturated rings. The number of rotatable bonds is 10. The maximum Gasteiger partial charge on any atom is 0.240 e. The second kappa shape index (κ2) is 10.3. The zero-order valence-electron chi connectivity index (χ0n) is 15.4. The highest BCUT2D eigenvalue weighted by Crippen LogP contribution is 2.17. The Hall–Kier alpha value is -2.03. The minimum Gasteiger partial charge on any atom is -0.497 e. The van der Waals surface area contributed by atoms with Crippen LogP contribution in [0.25, 0.3) is 0 Å². The van der Waals surface area contributed by atoms with Crippen molar-refractivity contribution in [2.24, 2.45) is 0 Å². The van der Waals surface area contributed by atoms with Gasteiger partial charge < -0.3 is 10.1 Å². The van der Waals surface area contributed by atoms with E-state index in [0.717, 1.165) is 10.6 Å². The quantitative estimate of drug-likeness (QED) is 0.466. The first kappa shape index (κ1) is 21.3. The minimum atomic E-state index is -3.64. The maximum atomic E-state index is 12.2. The second-order valence-corrected chi connectivity index (χ2v) is 8.77. The van der Waals surface area contributed by atoms with Crippen LogP contribution in [-0.4, -0.2) is 40.3 Å². The molecule has 8 heteroatoms. The molecule has 0 spiro atoms. The number of benzene rings is 2. The third-order valence-electron chi connectivity index (χ3n) is 3.73. The standard InChI is InChI=1S/C19H24N2O4S2/c1-15-3-7-17(8-4-15)26-14-13-20-19(22)11-12-21-27(23,24)18-9-5-16(25-2)6-10-18/h3-10,21H,11-14H2,1-2H3,(H,20,22). The Morgan fingerprint density at radius 3 is 2.33 bits per heavy atom. The molecule has 27 heavy (non-hydrogen) atoms. The van der Waals surface area contributed by atoms with Crippen LogP contribution < -0.4 is 14.8 Å². The number of sulfonamides is 1. The molecule has 0 bridgehead atoms. The zero-order chi connectivity index (χ0) is 19.7. The molecule has 0 unspecified atom stereocenters. The first-order valence-electron chi connectivity index (χ1n) is 8.50. The van der Waals surface area contributed by atoms with E-state index < -0.39 is 10.0 Å². The first-order valence-corrected chi connectivity index (χ1v) is 11.0. The Balaban J connectivity index is 1.66. The summed E-state index contributed by atoms with van der Waals surface area (Å²) in [6.45, 7) is 2.62. The first-order chi connectivity index (χ1) is 12.9. The van der Waals surface area contributed by atoms with E-state index in [4.69, 9.17) is 4.74 Å². The summed E-state index contributed by atoms with van der Waals surface area (Å²) in [5.74, 6) is 1.15. The van der Waals surface area contributed by atoms with E-state index >= 15 is 0 Å². The summed E-state index contributed by atoms with van der Waals surface area (Å²) in [5, 5.41) is 2.79. The Kier molecular flexibility index (Phi) is 8.15. The number of carbonyl (C=O) groups excluding carboxylic acids is 1. The van der Waals surface area contributed by atoms with Gasteiger partial charge in [0, 0.05) is 30.2 Å². The molecule has 0 saturated heterocycles. The average Bonchev–Trinajstić information content (AvgIpc) is 2.66. The van der Waals surface area contributed by atoms with Crippen molar-refractivity contribution in [3.8, 4) is 5.75 Å². The molecular formula is C19H24N2O4S2. The lowest BCUT2D eigenvalue weighted by Crippen LogP contribution is -2.31. The third kappa shape index (κ3) is 7.24. The summed E-state index contributed by atoms with van der Waals surface area (Å²) in [5.41, 5.74) is 1.21. The molecule has 146 valence electrons. The third-order valence-corrected chi connectivity index (χ3v) is 6.22. The molecule has 6 nitrogen and oxygen atoms in total. The lowest BCUT2D eigenvalue weighted by atomic mass is 10.2. The van der Waals surface area contributed by atoms with Crippen LogP contribution >= 0.6 is 11.8 Å². The molecule has 0 aliphatic rings. The van der Waals surface area contributed by atoms with Gasteiger partial charge in [0.15, 0.2) is 0 Å². The summed E-state index contributed by atoms with van der Waals surface area (Å²) in [6.07, 6.45) is 0.0879. The predicted molar refractivity (Wildman–Crippen MR) is 108 cm³/mol. The van der Waals surface area contributed by atoms with Crippen molar-refractivity contribution in [2.45, 2.75) is 23.1 Å². The summed E-state index contributed by atoms with van der Waals surface area (Å²) < 4.78 is 31.8. The minimum absolute atomic E-state index is 0.0469. The summed E-state index contributed by atoms with van der Waals surface area (Å²) in [4.78, 5) is 13.1. The molecular weight excluding hydrogens is 384 g/mol. The topological polar surface area (TPSA) is 84.5 Å². The van der Waals surface area contributed by atoms with E-state index in [1.165, 1.54) is 24.8 Å². The number of ether oxygens (including phenoxy) is 1. The molecule has 1 amide bonds. The summed E-state index contributed by atoms with van der Waals surface area (Å²) >= 11 is 1.66. The smallest absolute Gasteiger partial charge is 0.240 e. The molecule has 0 saturated carbocycles. The normalized spacial score (nSPS) is 11.2. The van der Waals surface area contributed by atoms with Gasteiger partial charge in [0.25, 0.3) is 0 Å². The highest BCUT2D eigenvalue weighted by molar-refractivity contribution is 7.99. The number of methoxy groups -OCH3 is 1. The number of nitrogens with one attached hydrogen (secondary N) is 2. The van der Waals surface area contributed by atoms with E-state index in [1.807, 2.05) is 6.92 Å². The Bertz CT molecular complexity index is 835. The van der Waals surface area contributed by atoms with Gasteiger partial charge in [-0.3, -0.25) is 4.79 Å². The Labute approximate surface area is 164 Å². The van der Waals surface area contributed by atoms with Crippen LogP contribution in [0.5, 0.6) is 5.75 Å². The predicted octanol–water partition coefficient (Wildman–Crippen LogP) is 2.58. The van der Waals surface area contributed by atoms with Gasteiger partial charge in [-0.2, -0.15) is 0 Å². The highest BCUT2D eigenvalue weighted by atomic mass is 32.2. The average molecular weight is 409 g/mol. The molecule has 0 aliphatic carbocycles. The number of carbonyl (C=O) groups is 1. The lowest BCUT2D eigenvalue weighted by Gasteiger charge is -2.08. The van der Waals surface area contributed by atoms with Crippen LogP contribution in [-0.2, 0) is 14.8 Å². The molecule has 0 heterocycles.